The lowest BCUT2D eigenvalue weighted by molar-refractivity contribution is -0.132. The number of rotatable bonds is 6. The number of benzene rings is 4. The van der Waals surface area contributed by atoms with Crippen molar-refractivity contribution < 1.29 is 23.5 Å². The smallest absolute Gasteiger partial charge is 0.301 e. The first kappa shape index (κ1) is 26.8. The summed E-state index contributed by atoms with van der Waals surface area (Å²) < 4.78 is 30.0. The number of thioether (sulfide) groups is 1. The number of hydrogen-bond donors (Lipinski definition) is 1. The number of halogens is 2. The average molecular weight is 586 g/mol. The Balaban J connectivity index is 1.39. The molecule has 10 heteroatoms. The van der Waals surface area contributed by atoms with Crippen molar-refractivity contribution in [2.45, 2.75) is 23.1 Å². The number of aliphatic hydroxyl groups is 1. The molecule has 5 aromatic rings. The van der Waals surface area contributed by atoms with Gasteiger partial charge in [0.1, 0.15) is 23.4 Å². The van der Waals surface area contributed by atoms with Crippen LogP contribution < -0.4 is 4.90 Å². The zero-order valence-electron chi connectivity index (χ0n) is 21.5. The fourth-order valence-corrected chi connectivity index (χ4v) is 6.70. The molecule has 0 aliphatic carbocycles. The third kappa shape index (κ3) is 4.89. The zero-order valence-corrected chi connectivity index (χ0v) is 23.2. The molecule has 204 valence electrons. The number of carbonyl (C=O) groups excluding carboxylic acids is 2. The normalized spacial score (nSPS) is 16.6. The van der Waals surface area contributed by atoms with E-state index in [1.165, 1.54) is 42.1 Å². The fourth-order valence-electron chi connectivity index (χ4n) is 4.83. The van der Waals surface area contributed by atoms with Gasteiger partial charge in [0.25, 0.3) is 5.78 Å². The fraction of sp³-hybridized carbons (Fsp3) is 0.0968. The largest absolute Gasteiger partial charge is 0.507 e. The van der Waals surface area contributed by atoms with Gasteiger partial charge in [-0.3, -0.25) is 14.5 Å². The molecule has 0 spiro atoms. The number of aliphatic hydroxyl groups excluding tert-OH is 1. The number of ketones is 1. The number of anilines is 1. The van der Waals surface area contributed by atoms with Crippen LogP contribution in [0.2, 0.25) is 0 Å². The number of amides is 1. The van der Waals surface area contributed by atoms with Gasteiger partial charge in [-0.2, -0.15) is 0 Å². The molecule has 1 fully saturated rings. The minimum Gasteiger partial charge on any atom is -0.507 e. The standard InChI is InChI=1S/C31H21F2N3O3S2/c1-17-13-14-19(15-24(17)33)27(37)25-26(22-11-4-5-12-23(22)32)36(29(39)28(25)38)30-34-35-31(41-30)40-16-20-9-6-8-18-7-2-3-10-21(18)20/h2-15,26,37H,16H2,1H3/b27-25-. The molecule has 4 aromatic carbocycles. The molecule has 41 heavy (non-hydrogen) atoms. The number of nitrogens with zero attached hydrogens (tertiary/aromatic N) is 3. The van der Waals surface area contributed by atoms with Crippen molar-refractivity contribution in [2.75, 3.05) is 4.90 Å². The van der Waals surface area contributed by atoms with Gasteiger partial charge in [0.2, 0.25) is 5.13 Å². The number of aryl methyl sites for hydroxylation is 1. The number of aromatic nitrogens is 2. The van der Waals surface area contributed by atoms with E-state index in [4.69, 9.17) is 0 Å². The molecule has 1 amide bonds. The summed E-state index contributed by atoms with van der Waals surface area (Å²) in [6, 6.07) is 22.4. The lowest BCUT2D eigenvalue weighted by Crippen LogP contribution is -2.29. The Kier molecular flexibility index (Phi) is 7.10. The lowest BCUT2D eigenvalue weighted by Gasteiger charge is -2.22. The Bertz CT molecular complexity index is 1870. The first-order valence-corrected chi connectivity index (χ1v) is 14.4. The molecule has 6 nitrogen and oxygen atoms in total. The molecule has 0 radical (unpaired) electrons. The quantitative estimate of drug-likeness (QED) is 0.0746. The predicted molar refractivity (Wildman–Crippen MR) is 156 cm³/mol. The summed E-state index contributed by atoms with van der Waals surface area (Å²) >= 11 is 2.51. The first-order chi connectivity index (χ1) is 19.8. The second-order valence-corrected chi connectivity index (χ2v) is 11.6. The van der Waals surface area contributed by atoms with Crippen LogP contribution in [0.15, 0.2) is 94.8 Å². The van der Waals surface area contributed by atoms with Crippen LogP contribution in [0.1, 0.15) is 28.3 Å². The van der Waals surface area contributed by atoms with Gasteiger partial charge in [0.15, 0.2) is 4.34 Å². The minimum atomic E-state index is -1.33. The van der Waals surface area contributed by atoms with Crippen LogP contribution in [0, 0.1) is 18.6 Å². The SMILES string of the molecule is Cc1ccc(/C(O)=C2/C(=O)C(=O)N(c3nnc(SCc4cccc5ccccc45)s3)C2c2ccccc2F)cc1F. The molecule has 1 unspecified atom stereocenters. The second-order valence-electron chi connectivity index (χ2n) is 9.43. The number of Topliss-reactive ketones (excluding diaryl/α,β-unsaturated/α-hetero) is 1. The van der Waals surface area contributed by atoms with Gasteiger partial charge in [-0.25, -0.2) is 8.78 Å². The van der Waals surface area contributed by atoms with Gasteiger partial charge in [-0.15, -0.1) is 10.2 Å². The zero-order chi connectivity index (χ0) is 28.7. The highest BCUT2D eigenvalue weighted by molar-refractivity contribution is 8.00. The van der Waals surface area contributed by atoms with Gasteiger partial charge < -0.3 is 5.11 Å². The Labute approximate surface area is 242 Å². The van der Waals surface area contributed by atoms with Gasteiger partial charge in [-0.05, 0) is 41.0 Å². The van der Waals surface area contributed by atoms with Crippen LogP contribution in [0.25, 0.3) is 16.5 Å². The van der Waals surface area contributed by atoms with Crippen LogP contribution in [-0.4, -0.2) is 27.0 Å². The summed E-state index contributed by atoms with van der Waals surface area (Å²) in [6.45, 7) is 1.56. The van der Waals surface area contributed by atoms with Crippen molar-refractivity contribution in [2.24, 2.45) is 0 Å². The molecule has 1 atom stereocenters. The van der Waals surface area contributed by atoms with Gasteiger partial charge in [0, 0.05) is 16.9 Å². The summed E-state index contributed by atoms with van der Waals surface area (Å²) in [5, 5.41) is 21.9. The molecule has 1 aliphatic rings. The highest BCUT2D eigenvalue weighted by Crippen LogP contribution is 2.44. The van der Waals surface area contributed by atoms with Crippen molar-refractivity contribution in [3.63, 3.8) is 0 Å². The van der Waals surface area contributed by atoms with E-state index in [9.17, 15) is 19.1 Å². The second kappa shape index (κ2) is 10.9. The third-order valence-corrected chi connectivity index (χ3v) is 9.03. The topological polar surface area (TPSA) is 83.4 Å². The summed E-state index contributed by atoms with van der Waals surface area (Å²) in [4.78, 5) is 27.7. The van der Waals surface area contributed by atoms with Crippen molar-refractivity contribution in [3.05, 3.63) is 124 Å². The molecule has 1 aliphatic heterocycles. The molecule has 2 heterocycles. The van der Waals surface area contributed by atoms with Crippen molar-refractivity contribution in [3.8, 4) is 0 Å². The van der Waals surface area contributed by atoms with Crippen LogP contribution in [0.4, 0.5) is 13.9 Å². The minimum absolute atomic E-state index is 0.00367. The molecule has 1 saturated heterocycles. The maximum absolute atomic E-state index is 15.1. The predicted octanol–water partition coefficient (Wildman–Crippen LogP) is 7.20. The Morgan fingerprint density at radius 1 is 0.951 bits per heavy atom. The van der Waals surface area contributed by atoms with Gasteiger partial charge in [-0.1, -0.05) is 95.9 Å². The summed E-state index contributed by atoms with van der Waals surface area (Å²) in [5.41, 5.74) is 1.07. The molecule has 1 aromatic heterocycles. The maximum atomic E-state index is 15.1. The van der Waals surface area contributed by atoms with E-state index in [1.54, 1.807) is 13.0 Å². The van der Waals surface area contributed by atoms with E-state index in [2.05, 4.69) is 10.2 Å². The number of hydrogen-bond acceptors (Lipinski definition) is 7. The van der Waals surface area contributed by atoms with Crippen molar-refractivity contribution in [1.82, 2.24) is 10.2 Å². The van der Waals surface area contributed by atoms with E-state index in [0.717, 1.165) is 38.6 Å². The van der Waals surface area contributed by atoms with E-state index in [-0.39, 0.29) is 21.8 Å². The van der Waals surface area contributed by atoms with Crippen LogP contribution in [0.5, 0.6) is 0 Å². The van der Waals surface area contributed by atoms with E-state index in [0.29, 0.717) is 15.7 Å². The van der Waals surface area contributed by atoms with E-state index >= 15 is 4.39 Å². The van der Waals surface area contributed by atoms with Crippen molar-refractivity contribution in [1.29, 1.82) is 0 Å². The van der Waals surface area contributed by atoms with Gasteiger partial charge >= 0.3 is 5.91 Å². The van der Waals surface area contributed by atoms with E-state index in [1.807, 2.05) is 42.5 Å². The molecular formula is C31H21F2N3O3S2. The summed E-state index contributed by atoms with van der Waals surface area (Å²) in [7, 11) is 0. The molecule has 6 rings (SSSR count). The highest BCUT2D eigenvalue weighted by atomic mass is 32.2. The Hall–Kier alpha value is -4.41. The molecule has 0 saturated carbocycles. The van der Waals surface area contributed by atoms with Crippen LogP contribution >= 0.6 is 23.1 Å². The number of carbonyl (C=O) groups is 2. The summed E-state index contributed by atoms with van der Waals surface area (Å²) in [6.07, 6.45) is 0. The third-order valence-electron chi connectivity index (χ3n) is 6.92. The van der Waals surface area contributed by atoms with E-state index < -0.39 is 35.1 Å². The first-order valence-electron chi connectivity index (χ1n) is 12.6. The number of fused-ring (bicyclic) bond motifs is 1. The molecular weight excluding hydrogens is 564 g/mol. The Morgan fingerprint density at radius 3 is 2.51 bits per heavy atom. The summed E-state index contributed by atoms with van der Waals surface area (Å²) in [5.74, 6) is -3.31. The van der Waals surface area contributed by atoms with Crippen LogP contribution in [0.3, 0.4) is 0 Å². The monoisotopic (exact) mass is 585 g/mol. The molecule has 1 N–H and O–H groups in total. The van der Waals surface area contributed by atoms with Gasteiger partial charge in [0.05, 0.1) is 5.57 Å². The average Bonchev–Trinajstić information content (AvgIpc) is 3.55. The highest BCUT2D eigenvalue weighted by Gasteiger charge is 2.49. The maximum Gasteiger partial charge on any atom is 0.301 e. The Morgan fingerprint density at radius 2 is 1.71 bits per heavy atom. The van der Waals surface area contributed by atoms with Crippen LogP contribution in [-0.2, 0) is 15.3 Å². The van der Waals surface area contributed by atoms with Crippen molar-refractivity contribution >= 4 is 56.5 Å². The lowest BCUT2D eigenvalue weighted by atomic mass is 9.94. The molecule has 0 bridgehead atoms.